The topological polar surface area (TPSA) is 66.4 Å². The molecule has 1 amide bonds. The summed E-state index contributed by atoms with van der Waals surface area (Å²) in [6, 6.07) is 3.10. The highest BCUT2D eigenvalue weighted by molar-refractivity contribution is 9.10. The van der Waals surface area contributed by atoms with E-state index in [1.54, 1.807) is 6.92 Å². The summed E-state index contributed by atoms with van der Waals surface area (Å²) in [6.45, 7) is 3.54. The van der Waals surface area contributed by atoms with E-state index in [1.165, 1.54) is 12.1 Å². The van der Waals surface area contributed by atoms with Gasteiger partial charge >= 0.3 is 5.97 Å². The Morgan fingerprint density at radius 3 is 2.58 bits per heavy atom. The molecule has 0 unspecified atom stereocenters. The third-order valence-corrected chi connectivity index (χ3v) is 3.62. The third-order valence-electron chi connectivity index (χ3n) is 2.96. The van der Waals surface area contributed by atoms with Gasteiger partial charge in [0.25, 0.3) is 5.91 Å². The summed E-state index contributed by atoms with van der Waals surface area (Å²) in [6.07, 6.45) is 0.593. The molecule has 1 rings (SSSR count). The molecular formula is C13H15BrFNO3. The van der Waals surface area contributed by atoms with Crippen molar-refractivity contribution in [3.63, 3.8) is 0 Å². The average molecular weight is 332 g/mol. The first-order valence-electron chi connectivity index (χ1n) is 5.86. The maximum atomic E-state index is 13.6. The number of benzene rings is 1. The quantitative estimate of drug-likeness (QED) is 0.871. The molecule has 1 aromatic carbocycles. The van der Waals surface area contributed by atoms with Gasteiger partial charge in [0, 0.05) is 4.47 Å². The number of carboxylic acids is 1. The van der Waals surface area contributed by atoms with Gasteiger partial charge in [-0.25, -0.2) is 9.18 Å². The standard InChI is InChI=1S/C13H15BrFNO3/c1-3-7(2)11(13(18)19)16-12(17)10-8(14)5-4-6-9(10)15/h4-7,11H,3H2,1-2H3,(H,16,17)(H,18,19)/t7-,11-/m0/s1. The van der Waals surface area contributed by atoms with Crippen LogP contribution in [0.15, 0.2) is 22.7 Å². The minimum absolute atomic E-state index is 0.183. The number of rotatable bonds is 5. The van der Waals surface area contributed by atoms with Crippen molar-refractivity contribution in [3.05, 3.63) is 34.1 Å². The van der Waals surface area contributed by atoms with Gasteiger partial charge in [-0.2, -0.15) is 0 Å². The molecule has 19 heavy (non-hydrogen) atoms. The van der Waals surface area contributed by atoms with E-state index < -0.39 is 23.7 Å². The molecular weight excluding hydrogens is 317 g/mol. The second-order valence-corrected chi connectivity index (χ2v) is 5.13. The zero-order valence-corrected chi connectivity index (χ0v) is 12.2. The molecule has 0 aromatic heterocycles. The Balaban J connectivity index is 2.98. The number of carbonyl (C=O) groups is 2. The van der Waals surface area contributed by atoms with Gasteiger partial charge < -0.3 is 10.4 Å². The van der Waals surface area contributed by atoms with Crippen molar-refractivity contribution in [2.75, 3.05) is 0 Å². The number of carboxylic acid groups (broad SMARTS) is 1. The SMILES string of the molecule is CC[C@H](C)[C@H](NC(=O)c1c(F)cccc1Br)C(=O)O. The number of hydrogen-bond acceptors (Lipinski definition) is 2. The van der Waals surface area contributed by atoms with E-state index in [9.17, 15) is 14.0 Å². The van der Waals surface area contributed by atoms with Crippen LogP contribution in [-0.2, 0) is 4.79 Å². The first-order chi connectivity index (χ1) is 8.88. The first kappa shape index (κ1) is 15.6. The van der Waals surface area contributed by atoms with Crippen molar-refractivity contribution in [2.24, 2.45) is 5.92 Å². The Labute approximate surface area is 119 Å². The molecule has 0 saturated carbocycles. The lowest BCUT2D eigenvalue weighted by molar-refractivity contribution is -0.140. The Morgan fingerprint density at radius 1 is 1.47 bits per heavy atom. The smallest absolute Gasteiger partial charge is 0.326 e. The number of amides is 1. The monoisotopic (exact) mass is 331 g/mol. The van der Waals surface area contributed by atoms with Gasteiger partial charge in [-0.3, -0.25) is 4.79 Å². The lowest BCUT2D eigenvalue weighted by Crippen LogP contribution is -2.45. The molecule has 0 fully saturated rings. The Hall–Kier alpha value is -1.43. The molecule has 0 aliphatic heterocycles. The van der Waals surface area contributed by atoms with Crippen LogP contribution in [0.4, 0.5) is 4.39 Å². The van der Waals surface area contributed by atoms with Crippen LogP contribution in [0.5, 0.6) is 0 Å². The highest BCUT2D eigenvalue weighted by Crippen LogP contribution is 2.20. The fraction of sp³-hybridized carbons (Fsp3) is 0.385. The van der Waals surface area contributed by atoms with Gasteiger partial charge in [0.2, 0.25) is 0 Å². The summed E-state index contributed by atoms with van der Waals surface area (Å²) in [5.74, 6) is -2.81. The molecule has 0 saturated heterocycles. The summed E-state index contributed by atoms with van der Waals surface area (Å²) >= 11 is 3.08. The van der Waals surface area contributed by atoms with Crippen molar-refractivity contribution >= 4 is 27.8 Å². The second-order valence-electron chi connectivity index (χ2n) is 4.27. The Kier molecular flexibility index (Phi) is 5.47. The van der Waals surface area contributed by atoms with Gasteiger partial charge in [-0.1, -0.05) is 26.3 Å². The summed E-state index contributed by atoms with van der Waals surface area (Å²) in [7, 11) is 0. The summed E-state index contributed by atoms with van der Waals surface area (Å²) in [4.78, 5) is 23.1. The van der Waals surface area contributed by atoms with Crippen LogP contribution in [0, 0.1) is 11.7 Å². The summed E-state index contributed by atoms with van der Waals surface area (Å²) in [5.41, 5.74) is -0.183. The molecule has 2 N–H and O–H groups in total. The van der Waals surface area contributed by atoms with Crippen LogP contribution in [0.1, 0.15) is 30.6 Å². The van der Waals surface area contributed by atoms with Gasteiger partial charge in [-0.15, -0.1) is 0 Å². The molecule has 0 aliphatic rings. The van der Waals surface area contributed by atoms with Gasteiger partial charge in [0.15, 0.2) is 0 Å². The lowest BCUT2D eigenvalue weighted by Gasteiger charge is -2.20. The predicted octanol–water partition coefficient (Wildman–Crippen LogP) is 2.82. The van der Waals surface area contributed by atoms with Crippen LogP contribution in [-0.4, -0.2) is 23.0 Å². The van der Waals surface area contributed by atoms with Crippen molar-refractivity contribution in [2.45, 2.75) is 26.3 Å². The van der Waals surface area contributed by atoms with Crippen LogP contribution >= 0.6 is 15.9 Å². The minimum atomic E-state index is -1.13. The van der Waals surface area contributed by atoms with E-state index in [0.717, 1.165) is 6.07 Å². The molecule has 2 atom stereocenters. The molecule has 0 bridgehead atoms. The van der Waals surface area contributed by atoms with Crippen molar-refractivity contribution in [1.29, 1.82) is 0 Å². The lowest BCUT2D eigenvalue weighted by atomic mass is 9.99. The molecule has 0 aliphatic carbocycles. The van der Waals surface area contributed by atoms with E-state index in [1.807, 2.05) is 6.92 Å². The fourth-order valence-electron chi connectivity index (χ4n) is 1.61. The molecule has 0 spiro atoms. The zero-order valence-electron chi connectivity index (χ0n) is 10.6. The van der Waals surface area contributed by atoms with Crippen molar-refractivity contribution < 1.29 is 19.1 Å². The van der Waals surface area contributed by atoms with Crippen LogP contribution in [0.2, 0.25) is 0 Å². The van der Waals surface area contributed by atoms with Crippen molar-refractivity contribution in [3.8, 4) is 0 Å². The maximum absolute atomic E-state index is 13.6. The number of halogens is 2. The van der Waals surface area contributed by atoms with Gasteiger partial charge in [0.05, 0.1) is 5.56 Å². The Bertz CT molecular complexity index is 473. The molecule has 104 valence electrons. The van der Waals surface area contributed by atoms with Crippen molar-refractivity contribution in [1.82, 2.24) is 5.32 Å². The molecule has 0 heterocycles. The highest BCUT2D eigenvalue weighted by Gasteiger charge is 2.27. The number of aliphatic carboxylic acids is 1. The summed E-state index contributed by atoms with van der Waals surface area (Å²) in [5, 5.41) is 11.4. The maximum Gasteiger partial charge on any atom is 0.326 e. The molecule has 4 nitrogen and oxygen atoms in total. The van der Waals surface area contributed by atoms with E-state index in [4.69, 9.17) is 5.11 Å². The largest absolute Gasteiger partial charge is 0.480 e. The normalized spacial score (nSPS) is 13.7. The van der Waals surface area contributed by atoms with E-state index >= 15 is 0 Å². The van der Waals surface area contributed by atoms with Crippen LogP contribution < -0.4 is 5.32 Å². The first-order valence-corrected chi connectivity index (χ1v) is 6.65. The Morgan fingerprint density at radius 2 is 2.11 bits per heavy atom. The molecule has 6 heteroatoms. The van der Waals surface area contributed by atoms with E-state index in [2.05, 4.69) is 21.2 Å². The van der Waals surface area contributed by atoms with Gasteiger partial charge in [0.1, 0.15) is 11.9 Å². The zero-order chi connectivity index (χ0) is 14.6. The van der Waals surface area contributed by atoms with Crippen LogP contribution in [0.25, 0.3) is 0 Å². The second kappa shape index (κ2) is 6.65. The van der Waals surface area contributed by atoms with E-state index in [-0.39, 0.29) is 11.5 Å². The number of carbonyl (C=O) groups excluding carboxylic acids is 1. The average Bonchev–Trinajstić information content (AvgIpc) is 2.34. The van der Waals surface area contributed by atoms with Crippen LogP contribution in [0.3, 0.4) is 0 Å². The number of nitrogens with one attached hydrogen (secondary N) is 1. The molecule has 0 radical (unpaired) electrons. The predicted molar refractivity (Wildman–Crippen MR) is 72.4 cm³/mol. The minimum Gasteiger partial charge on any atom is -0.480 e. The van der Waals surface area contributed by atoms with E-state index in [0.29, 0.717) is 10.9 Å². The molecule has 1 aromatic rings. The highest BCUT2D eigenvalue weighted by atomic mass is 79.9. The number of hydrogen-bond donors (Lipinski definition) is 2. The summed E-state index contributed by atoms with van der Waals surface area (Å²) < 4.78 is 13.9. The third kappa shape index (κ3) is 3.76. The van der Waals surface area contributed by atoms with Gasteiger partial charge in [-0.05, 0) is 34.0 Å². The fourth-order valence-corrected chi connectivity index (χ4v) is 2.13.